The molecule has 6 fully saturated rings. The maximum Gasteiger partial charge on any atom is 0.339 e. The summed E-state index contributed by atoms with van der Waals surface area (Å²) in [6.45, 7) is 10.1. The molecule has 6 aliphatic carbocycles. The molecule has 15 rings (SSSR count). The van der Waals surface area contributed by atoms with Crippen LogP contribution in [0.25, 0.3) is 0 Å². The molecule has 4 spiro atoms. The number of ether oxygens (including phenoxy) is 2. The second-order valence-electron chi connectivity index (χ2n) is 22.3. The number of aliphatic hydroxyl groups excluding tert-OH is 1. The highest BCUT2D eigenvalue weighted by atomic mass is 16.6. The monoisotopic (exact) mass is 795 g/mol. The molecule has 1 unspecified atom stereocenters. The van der Waals surface area contributed by atoms with Crippen molar-refractivity contribution in [2.75, 3.05) is 19.6 Å². The fraction of sp³-hybridized carbons (Fsp3) is 0.686. The summed E-state index contributed by atoms with van der Waals surface area (Å²) < 4.78 is 14.2. The number of esters is 2. The number of hydrogen-bond donors (Lipinski definition) is 2. The predicted octanol–water partition coefficient (Wildman–Crippen LogP) is 8.24. The van der Waals surface area contributed by atoms with E-state index in [2.05, 4.69) is 54.8 Å². The number of aliphatic hydroxyl groups is 1. The quantitative estimate of drug-likeness (QED) is 0.233. The Hall–Kier alpha value is -3.36. The van der Waals surface area contributed by atoms with E-state index in [9.17, 15) is 9.90 Å². The third-order valence-corrected chi connectivity index (χ3v) is 20.8. The molecule has 8 aliphatic heterocycles. The van der Waals surface area contributed by atoms with E-state index in [-0.39, 0.29) is 52.8 Å². The molecular weight excluding hydrogens is 735 g/mol. The van der Waals surface area contributed by atoms with Crippen LogP contribution in [0.2, 0.25) is 0 Å². The Labute approximate surface area is 348 Å². The number of hydrogen-bond acceptors (Lipinski definition) is 8. The number of piperidine rings is 3. The van der Waals surface area contributed by atoms with Crippen molar-refractivity contribution in [2.24, 2.45) is 69.3 Å². The molecule has 8 heteroatoms. The summed E-state index contributed by atoms with van der Waals surface area (Å²) in [5.41, 5.74) is 13.5. The van der Waals surface area contributed by atoms with Crippen LogP contribution in [0.4, 0.5) is 0 Å². The lowest BCUT2D eigenvalue weighted by Gasteiger charge is -2.74. The van der Waals surface area contributed by atoms with Crippen LogP contribution in [-0.4, -0.2) is 64.6 Å². The SMILES string of the molecule is C[C@@H]1/C=C2/CC[C@@]34C[C@@H]2C2=C5CC[C@@]67/C(=C(\O)[C@@H]8CC[C@@H]9[C@H]%10C[C@@H](CN9[C@H]8C)[C@@H]8CCC(=C([C@@H]53)N8C%10)C[C@@H]4C)OC(=O)[C@@]26[C@H](C1)[C@@]71OC(=O)c2c(CCCN)cccc21. The Bertz CT molecular complexity index is 2320. The van der Waals surface area contributed by atoms with Gasteiger partial charge >= 0.3 is 11.9 Å². The second-order valence-corrected chi connectivity index (χ2v) is 22.3. The van der Waals surface area contributed by atoms with Gasteiger partial charge in [-0.05, 0) is 144 Å². The van der Waals surface area contributed by atoms with E-state index < -0.39 is 16.4 Å². The Morgan fingerprint density at radius 3 is 2.71 bits per heavy atom. The fourth-order valence-electron chi connectivity index (χ4n) is 19.0. The highest BCUT2D eigenvalue weighted by Crippen LogP contribution is 2.89. The van der Waals surface area contributed by atoms with E-state index >= 15 is 4.79 Å². The van der Waals surface area contributed by atoms with E-state index in [1.54, 1.807) is 16.8 Å². The number of carbonyl (C=O) groups is 2. The minimum atomic E-state index is -1.12. The Kier molecular flexibility index (Phi) is 6.67. The van der Waals surface area contributed by atoms with Gasteiger partial charge in [0, 0.05) is 66.1 Å². The van der Waals surface area contributed by atoms with Gasteiger partial charge in [0.1, 0.15) is 11.2 Å². The van der Waals surface area contributed by atoms with Gasteiger partial charge in [0.05, 0.1) is 11.0 Å². The van der Waals surface area contributed by atoms with Crippen LogP contribution in [0.1, 0.15) is 126 Å². The van der Waals surface area contributed by atoms with Crippen LogP contribution in [-0.2, 0) is 26.3 Å². The Balaban J connectivity index is 1.11. The predicted molar refractivity (Wildman–Crippen MR) is 221 cm³/mol. The summed E-state index contributed by atoms with van der Waals surface area (Å²) in [4.78, 5) is 36.7. The third kappa shape index (κ3) is 3.62. The normalized spacial score (nSPS) is 51.9. The minimum Gasteiger partial charge on any atom is -0.508 e. The number of fused-ring (bicyclic) bond motifs is 4. The molecule has 8 nitrogen and oxygen atoms in total. The summed E-state index contributed by atoms with van der Waals surface area (Å²) in [6, 6.07) is 7.49. The molecule has 4 saturated heterocycles. The molecule has 59 heavy (non-hydrogen) atoms. The van der Waals surface area contributed by atoms with Crippen LogP contribution in [0, 0.1) is 63.6 Å². The van der Waals surface area contributed by atoms with Crippen LogP contribution >= 0.6 is 0 Å². The molecule has 0 aromatic heterocycles. The van der Waals surface area contributed by atoms with Crippen molar-refractivity contribution in [2.45, 2.75) is 134 Å². The Morgan fingerprint density at radius 1 is 0.983 bits per heavy atom. The summed E-state index contributed by atoms with van der Waals surface area (Å²) in [6.07, 6.45) is 16.6. The lowest BCUT2D eigenvalue weighted by atomic mass is 9.26. The minimum absolute atomic E-state index is 0.115. The summed E-state index contributed by atoms with van der Waals surface area (Å²) in [5.74, 6) is 2.33. The molecule has 8 heterocycles. The Morgan fingerprint density at radius 2 is 1.85 bits per heavy atom. The molecular formula is C51H61N3O5. The smallest absolute Gasteiger partial charge is 0.339 e. The van der Waals surface area contributed by atoms with Crippen molar-refractivity contribution in [1.29, 1.82) is 0 Å². The zero-order valence-corrected chi connectivity index (χ0v) is 35.2. The van der Waals surface area contributed by atoms with E-state index in [1.807, 2.05) is 0 Å². The summed E-state index contributed by atoms with van der Waals surface area (Å²) in [7, 11) is 0. The average molecular weight is 796 g/mol. The fourth-order valence-corrected chi connectivity index (χ4v) is 19.0. The highest BCUT2D eigenvalue weighted by Gasteiger charge is 2.94. The molecule has 1 aromatic rings. The van der Waals surface area contributed by atoms with E-state index in [0.717, 1.165) is 69.2 Å². The maximum absolute atomic E-state index is 16.0. The average Bonchev–Trinajstić information content (AvgIpc) is 3.68. The molecule has 14 aliphatic rings. The first-order valence-electron chi connectivity index (χ1n) is 24.0. The van der Waals surface area contributed by atoms with Crippen molar-refractivity contribution in [3.63, 3.8) is 0 Å². The summed E-state index contributed by atoms with van der Waals surface area (Å²) in [5, 5.41) is 13.3. The molecule has 0 amide bonds. The standard InChI is InChI=1S/C51H61N3O5/c1-25-18-29-13-15-48-22-35(29)41-34-14-16-49-45(58-47(57)50(41,49)39(19-25)51(49)36-8-4-6-28(7-5-17-52)40(36)46(56)59-51)44(55)33-10-12-37-32-21-31(23-53(37)27(33)3)38-11-9-30(20-26(48)2)43(42(34)48)54(38)24-32/h4,6,8,18,25-27,31-33,35,37-39,42,55H,5,7,9-17,19-24,52H2,1-3H3/b29-18-,45-44+/t25-,26+,27+,31+,32+,33-,35+,37-,38+,39+,42-,48+,49-,50-,51-/m1/s1. The maximum atomic E-state index is 16.0. The van der Waals surface area contributed by atoms with Gasteiger partial charge in [-0.3, -0.25) is 9.69 Å². The first-order valence-corrected chi connectivity index (χ1v) is 24.0. The van der Waals surface area contributed by atoms with E-state index in [1.165, 1.54) is 43.3 Å². The van der Waals surface area contributed by atoms with Gasteiger partial charge in [-0.25, -0.2) is 4.79 Å². The zero-order chi connectivity index (χ0) is 39.7. The van der Waals surface area contributed by atoms with Crippen molar-refractivity contribution >= 4 is 11.9 Å². The van der Waals surface area contributed by atoms with Crippen LogP contribution in [0.15, 0.2) is 63.8 Å². The largest absolute Gasteiger partial charge is 0.508 e. The molecule has 2 saturated carbocycles. The number of allylic oxidation sites excluding steroid dienone is 4. The first kappa shape index (κ1) is 35.3. The lowest BCUT2D eigenvalue weighted by molar-refractivity contribution is -0.283. The van der Waals surface area contributed by atoms with Gasteiger partial charge in [0.15, 0.2) is 11.4 Å². The van der Waals surface area contributed by atoms with Crippen molar-refractivity contribution < 1.29 is 24.2 Å². The molecule has 0 radical (unpaired) electrons. The zero-order valence-electron chi connectivity index (χ0n) is 35.2. The number of aryl methyl sites for hydroxylation is 1. The highest BCUT2D eigenvalue weighted by molar-refractivity contribution is 6.00. The molecule has 310 valence electrons. The van der Waals surface area contributed by atoms with Crippen molar-refractivity contribution in [3.05, 3.63) is 80.5 Å². The number of rotatable bonds is 3. The molecule has 12 bridgehead atoms. The van der Waals surface area contributed by atoms with Gasteiger partial charge in [0.25, 0.3) is 0 Å². The van der Waals surface area contributed by atoms with Gasteiger partial charge in [-0.15, -0.1) is 0 Å². The second kappa shape index (κ2) is 11.2. The van der Waals surface area contributed by atoms with Gasteiger partial charge in [-0.2, -0.15) is 0 Å². The third-order valence-electron chi connectivity index (χ3n) is 20.8. The molecule has 3 N–H and O–H groups in total. The van der Waals surface area contributed by atoms with Crippen molar-refractivity contribution in [1.82, 2.24) is 9.80 Å². The topological polar surface area (TPSA) is 105 Å². The van der Waals surface area contributed by atoms with Gasteiger partial charge < -0.3 is 25.2 Å². The lowest BCUT2D eigenvalue weighted by Crippen LogP contribution is -2.78. The van der Waals surface area contributed by atoms with Crippen LogP contribution < -0.4 is 5.73 Å². The summed E-state index contributed by atoms with van der Waals surface area (Å²) >= 11 is 0. The van der Waals surface area contributed by atoms with E-state index in [0.29, 0.717) is 66.5 Å². The first-order chi connectivity index (χ1) is 28.6. The van der Waals surface area contributed by atoms with Crippen LogP contribution in [0.5, 0.6) is 0 Å². The number of carbonyl (C=O) groups excluding carboxylic acids is 2. The van der Waals surface area contributed by atoms with Crippen LogP contribution in [0.3, 0.4) is 0 Å². The molecule has 16 atom stereocenters. The van der Waals surface area contributed by atoms with Crippen molar-refractivity contribution in [3.8, 4) is 0 Å². The van der Waals surface area contributed by atoms with Gasteiger partial charge in [0.2, 0.25) is 0 Å². The van der Waals surface area contributed by atoms with E-state index in [4.69, 9.17) is 15.2 Å². The number of nitrogens with two attached hydrogens (primary N) is 1. The number of benzene rings is 1. The molecule has 1 aromatic carbocycles. The number of nitrogens with zero attached hydrogens (tertiary/aromatic N) is 2. The van der Waals surface area contributed by atoms with Gasteiger partial charge in [-0.1, -0.05) is 54.8 Å².